The summed E-state index contributed by atoms with van der Waals surface area (Å²) in [6.45, 7) is 1.82. The summed E-state index contributed by atoms with van der Waals surface area (Å²) in [7, 11) is 0. The molecule has 0 amide bonds. The quantitative estimate of drug-likeness (QED) is 0.735. The van der Waals surface area contributed by atoms with Gasteiger partial charge < -0.3 is 0 Å². The lowest BCUT2D eigenvalue weighted by molar-refractivity contribution is 0.623. The van der Waals surface area contributed by atoms with Crippen LogP contribution >= 0.6 is 11.6 Å². The summed E-state index contributed by atoms with van der Waals surface area (Å²) in [5.74, 6) is 0.00349. The molecule has 0 aliphatic carbocycles. The first-order valence-corrected chi connectivity index (χ1v) is 4.97. The topological polar surface area (TPSA) is 30.7 Å². The summed E-state index contributed by atoms with van der Waals surface area (Å²) in [6.07, 6.45) is 1.56. The zero-order valence-corrected chi connectivity index (χ0v) is 8.87. The van der Waals surface area contributed by atoms with E-state index in [4.69, 9.17) is 11.6 Å². The standard InChI is InChI=1S/C10H9ClFN3/c1-7-2-8(12)4-9(3-7)15-10(5-11)6-13-14-15/h2-4,6H,5H2,1H3. The lowest BCUT2D eigenvalue weighted by Gasteiger charge is -2.05. The Morgan fingerprint density at radius 2 is 2.20 bits per heavy atom. The number of halogens is 2. The molecule has 0 atom stereocenters. The van der Waals surface area contributed by atoms with Crippen LogP contribution in [0.25, 0.3) is 5.69 Å². The minimum absolute atomic E-state index is 0.291. The van der Waals surface area contributed by atoms with Gasteiger partial charge in [0, 0.05) is 0 Å². The summed E-state index contributed by atoms with van der Waals surface area (Å²) in [6, 6.07) is 4.69. The molecule has 1 aromatic heterocycles. The van der Waals surface area contributed by atoms with Crippen molar-refractivity contribution < 1.29 is 4.39 Å². The summed E-state index contributed by atoms with van der Waals surface area (Å²) in [4.78, 5) is 0. The van der Waals surface area contributed by atoms with Gasteiger partial charge in [-0.3, -0.25) is 0 Å². The fourth-order valence-electron chi connectivity index (χ4n) is 1.40. The predicted octanol–water partition coefficient (Wildman–Crippen LogP) is 2.45. The van der Waals surface area contributed by atoms with Crippen molar-refractivity contribution in [2.75, 3.05) is 0 Å². The average Bonchev–Trinajstić information content (AvgIpc) is 2.63. The molecule has 0 aliphatic heterocycles. The molecule has 78 valence electrons. The van der Waals surface area contributed by atoms with E-state index in [-0.39, 0.29) is 5.82 Å². The van der Waals surface area contributed by atoms with Gasteiger partial charge in [0.15, 0.2) is 0 Å². The minimum atomic E-state index is -0.291. The zero-order valence-electron chi connectivity index (χ0n) is 8.11. The van der Waals surface area contributed by atoms with Gasteiger partial charge in [0.2, 0.25) is 0 Å². The Bertz CT molecular complexity index is 461. The van der Waals surface area contributed by atoms with Crippen molar-refractivity contribution in [2.45, 2.75) is 12.8 Å². The lowest BCUT2D eigenvalue weighted by Crippen LogP contribution is -2.01. The molecule has 5 heteroatoms. The van der Waals surface area contributed by atoms with Gasteiger partial charge in [-0.05, 0) is 30.7 Å². The highest BCUT2D eigenvalue weighted by atomic mass is 35.5. The molecule has 2 aromatic rings. The predicted molar refractivity (Wildman–Crippen MR) is 55.6 cm³/mol. The molecule has 0 radical (unpaired) electrons. The van der Waals surface area contributed by atoms with Gasteiger partial charge in [-0.15, -0.1) is 16.7 Å². The molecule has 15 heavy (non-hydrogen) atoms. The van der Waals surface area contributed by atoms with Crippen LogP contribution in [0.2, 0.25) is 0 Å². The van der Waals surface area contributed by atoms with Crippen LogP contribution in [0.5, 0.6) is 0 Å². The Morgan fingerprint density at radius 1 is 1.40 bits per heavy atom. The summed E-state index contributed by atoms with van der Waals surface area (Å²) >= 11 is 5.71. The van der Waals surface area contributed by atoms with E-state index in [1.807, 2.05) is 13.0 Å². The van der Waals surface area contributed by atoms with E-state index in [2.05, 4.69) is 10.3 Å². The molecule has 2 rings (SSSR count). The number of hydrogen-bond acceptors (Lipinski definition) is 2. The maximum absolute atomic E-state index is 13.2. The van der Waals surface area contributed by atoms with Crippen LogP contribution in [0.1, 0.15) is 11.3 Å². The Hall–Kier alpha value is -1.42. The molecule has 0 bridgehead atoms. The van der Waals surface area contributed by atoms with E-state index >= 15 is 0 Å². The Morgan fingerprint density at radius 3 is 2.87 bits per heavy atom. The molecule has 1 heterocycles. The third kappa shape index (κ3) is 1.99. The molecule has 0 fully saturated rings. The van der Waals surface area contributed by atoms with Crippen molar-refractivity contribution in [3.8, 4) is 5.69 Å². The van der Waals surface area contributed by atoms with Crippen molar-refractivity contribution >= 4 is 11.6 Å². The van der Waals surface area contributed by atoms with Crippen molar-refractivity contribution in [2.24, 2.45) is 0 Å². The molecule has 0 saturated heterocycles. The largest absolute Gasteiger partial charge is 0.216 e. The smallest absolute Gasteiger partial charge is 0.125 e. The lowest BCUT2D eigenvalue weighted by atomic mass is 10.2. The molecule has 1 aromatic carbocycles. The van der Waals surface area contributed by atoms with Gasteiger partial charge in [0.25, 0.3) is 0 Å². The second kappa shape index (κ2) is 3.98. The second-order valence-electron chi connectivity index (χ2n) is 3.26. The number of alkyl halides is 1. The number of hydrogen-bond donors (Lipinski definition) is 0. The summed E-state index contributed by atoms with van der Waals surface area (Å²) < 4.78 is 14.7. The van der Waals surface area contributed by atoms with Gasteiger partial charge in [0.05, 0.1) is 23.5 Å². The van der Waals surface area contributed by atoms with Crippen LogP contribution in [-0.2, 0) is 5.88 Å². The fourth-order valence-corrected chi connectivity index (χ4v) is 1.59. The van der Waals surface area contributed by atoms with Crippen molar-refractivity contribution in [3.05, 3.63) is 41.5 Å². The first-order valence-electron chi connectivity index (χ1n) is 4.44. The van der Waals surface area contributed by atoms with Gasteiger partial charge in [-0.1, -0.05) is 5.21 Å². The van der Waals surface area contributed by atoms with E-state index in [0.717, 1.165) is 11.3 Å². The normalized spacial score (nSPS) is 10.6. The van der Waals surface area contributed by atoms with Crippen LogP contribution in [-0.4, -0.2) is 15.0 Å². The van der Waals surface area contributed by atoms with Crippen molar-refractivity contribution in [1.29, 1.82) is 0 Å². The maximum atomic E-state index is 13.2. The first-order chi connectivity index (χ1) is 7.20. The molecule has 0 N–H and O–H groups in total. The van der Waals surface area contributed by atoms with Gasteiger partial charge in [0.1, 0.15) is 5.82 Å². The highest BCUT2D eigenvalue weighted by molar-refractivity contribution is 6.16. The number of rotatable bonds is 2. The number of nitrogens with zero attached hydrogens (tertiary/aromatic N) is 3. The highest BCUT2D eigenvalue weighted by Gasteiger charge is 2.06. The molecule has 0 aliphatic rings. The molecular weight excluding hydrogens is 217 g/mol. The van der Waals surface area contributed by atoms with Crippen molar-refractivity contribution in [3.63, 3.8) is 0 Å². The van der Waals surface area contributed by atoms with E-state index in [9.17, 15) is 4.39 Å². The van der Waals surface area contributed by atoms with Crippen molar-refractivity contribution in [1.82, 2.24) is 15.0 Å². The third-order valence-corrected chi connectivity index (χ3v) is 2.30. The SMILES string of the molecule is Cc1cc(F)cc(-n2nncc2CCl)c1. The monoisotopic (exact) mass is 225 g/mol. The van der Waals surface area contributed by atoms with Crippen LogP contribution in [0.3, 0.4) is 0 Å². The number of aromatic nitrogens is 3. The van der Waals surface area contributed by atoms with E-state index in [1.165, 1.54) is 16.8 Å². The highest BCUT2D eigenvalue weighted by Crippen LogP contribution is 2.14. The second-order valence-corrected chi connectivity index (χ2v) is 3.52. The average molecular weight is 226 g/mol. The first kappa shape index (κ1) is 10.1. The molecular formula is C10H9ClFN3. The maximum Gasteiger partial charge on any atom is 0.125 e. The molecule has 0 spiro atoms. The fraction of sp³-hybridized carbons (Fsp3) is 0.200. The van der Waals surface area contributed by atoms with E-state index < -0.39 is 0 Å². The minimum Gasteiger partial charge on any atom is -0.216 e. The summed E-state index contributed by atoms with van der Waals surface area (Å²) in [5.41, 5.74) is 2.21. The third-order valence-electron chi connectivity index (χ3n) is 2.03. The Kier molecular flexibility index (Phi) is 2.68. The molecule has 0 saturated carbocycles. The molecule has 0 unspecified atom stereocenters. The van der Waals surface area contributed by atoms with Gasteiger partial charge in [-0.25, -0.2) is 9.07 Å². The van der Waals surface area contributed by atoms with Gasteiger partial charge >= 0.3 is 0 Å². The van der Waals surface area contributed by atoms with Gasteiger partial charge in [-0.2, -0.15) is 0 Å². The zero-order chi connectivity index (χ0) is 10.8. The van der Waals surface area contributed by atoms with Crippen LogP contribution < -0.4 is 0 Å². The van der Waals surface area contributed by atoms with Crippen LogP contribution in [0.4, 0.5) is 4.39 Å². The Balaban J connectivity index is 2.53. The number of benzene rings is 1. The summed E-state index contributed by atoms with van der Waals surface area (Å²) in [5, 5.41) is 7.59. The molecule has 3 nitrogen and oxygen atoms in total. The Labute approximate surface area is 91.5 Å². The van der Waals surface area contributed by atoms with Crippen LogP contribution in [0.15, 0.2) is 24.4 Å². The van der Waals surface area contributed by atoms with E-state index in [1.54, 1.807) is 6.20 Å². The number of aryl methyl sites for hydroxylation is 1. The van der Waals surface area contributed by atoms with E-state index in [0.29, 0.717) is 11.6 Å². The van der Waals surface area contributed by atoms with Crippen LogP contribution in [0, 0.1) is 12.7 Å².